The third-order valence-corrected chi connectivity index (χ3v) is 1.17. The van der Waals surface area contributed by atoms with E-state index in [0.29, 0.717) is 6.07 Å². The molecule has 0 unspecified atom stereocenters. The van der Waals surface area contributed by atoms with Crippen molar-refractivity contribution in [3.8, 4) is 5.75 Å². The number of quaternary nitrogens is 1. The lowest BCUT2D eigenvalue weighted by molar-refractivity contribution is -0.716. The van der Waals surface area contributed by atoms with Gasteiger partial charge in [-0.15, -0.1) is 0 Å². The van der Waals surface area contributed by atoms with Crippen LogP contribution in [0.3, 0.4) is 0 Å². The molecular formula is C6H5FNO3-. The Balaban J connectivity index is 3.09. The molecule has 1 aromatic rings. The number of rotatable bonds is 1. The van der Waals surface area contributed by atoms with Crippen molar-refractivity contribution in [3.63, 3.8) is 0 Å². The van der Waals surface area contributed by atoms with Gasteiger partial charge in [0.1, 0.15) is 5.75 Å². The monoisotopic (exact) mass is 158 g/mol. The minimum Gasteiger partial charge on any atom is -0.628 e. The number of phenols is 1. The molecule has 4 nitrogen and oxygen atoms in total. The minimum absolute atomic E-state index is 0.312. The highest BCUT2D eigenvalue weighted by Crippen LogP contribution is 2.15. The highest BCUT2D eigenvalue weighted by Gasteiger charge is 2.04. The van der Waals surface area contributed by atoms with Gasteiger partial charge in [-0.2, -0.15) is 0 Å². The zero-order chi connectivity index (χ0) is 8.43. The Morgan fingerprint density at radius 2 is 2.00 bits per heavy atom. The molecule has 0 amide bonds. The third kappa shape index (κ3) is 1.64. The van der Waals surface area contributed by atoms with E-state index in [2.05, 4.69) is 0 Å². The first-order chi connectivity index (χ1) is 5.11. The number of hydrogen-bond acceptors (Lipinski definition) is 3. The van der Waals surface area contributed by atoms with Crippen LogP contribution < -0.4 is 5.23 Å². The molecule has 0 aliphatic heterocycles. The Hall–Kier alpha value is -1.17. The van der Waals surface area contributed by atoms with E-state index < -0.39 is 16.7 Å². The molecule has 0 heterocycles. The summed E-state index contributed by atoms with van der Waals surface area (Å²) in [7, 11) is 0. The number of hydrogen-bond donors (Lipinski definition) is 2. The largest absolute Gasteiger partial charge is 0.628 e. The average molecular weight is 158 g/mol. The summed E-state index contributed by atoms with van der Waals surface area (Å²) in [5.74, 6) is -1.31. The van der Waals surface area contributed by atoms with Gasteiger partial charge in [0.2, 0.25) is 0 Å². The van der Waals surface area contributed by atoms with Crippen LogP contribution in [0.15, 0.2) is 18.2 Å². The SMILES string of the molecule is [O-][NH+]([O-])c1ccc(O)cc1F. The number of nitrogens with one attached hydrogen (secondary N) is 1. The van der Waals surface area contributed by atoms with Crippen molar-refractivity contribution in [2.75, 3.05) is 0 Å². The van der Waals surface area contributed by atoms with Crippen molar-refractivity contribution in [3.05, 3.63) is 34.4 Å². The van der Waals surface area contributed by atoms with Gasteiger partial charge in [-0.25, -0.2) is 4.39 Å². The van der Waals surface area contributed by atoms with Crippen LogP contribution in [0.4, 0.5) is 10.1 Å². The van der Waals surface area contributed by atoms with Crippen LogP contribution in [0.25, 0.3) is 0 Å². The quantitative estimate of drug-likeness (QED) is 0.448. The van der Waals surface area contributed by atoms with E-state index in [9.17, 15) is 14.8 Å². The summed E-state index contributed by atoms with van der Waals surface area (Å²) in [6.45, 7) is 0. The van der Waals surface area contributed by atoms with E-state index in [1.54, 1.807) is 0 Å². The van der Waals surface area contributed by atoms with E-state index in [1.807, 2.05) is 0 Å². The molecule has 1 rings (SSSR count). The van der Waals surface area contributed by atoms with Gasteiger partial charge in [0, 0.05) is 12.1 Å². The van der Waals surface area contributed by atoms with Crippen LogP contribution in [0, 0.1) is 16.2 Å². The van der Waals surface area contributed by atoms with E-state index in [-0.39, 0.29) is 5.75 Å². The highest BCUT2D eigenvalue weighted by atomic mass is 19.1. The fraction of sp³-hybridized carbons (Fsp3) is 0. The maximum Gasteiger partial charge on any atom is 0.188 e. The predicted molar refractivity (Wildman–Crippen MR) is 35.4 cm³/mol. The lowest BCUT2D eigenvalue weighted by Gasteiger charge is -2.24. The molecule has 0 fully saturated rings. The molecule has 0 aromatic heterocycles. The molecule has 11 heavy (non-hydrogen) atoms. The molecule has 0 saturated heterocycles. The Morgan fingerprint density at radius 1 is 1.36 bits per heavy atom. The van der Waals surface area contributed by atoms with Gasteiger partial charge in [-0.05, 0) is 6.07 Å². The minimum atomic E-state index is -1.59. The molecular weight excluding hydrogens is 153 g/mol. The standard InChI is InChI=1S/C6H5FNO3/c7-5-3-4(9)1-2-6(5)8(10)11/h1-3,8-9H/q-1. The van der Waals surface area contributed by atoms with Crippen LogP contribution in [0.2, 0.25) is 0 Å². The lowest BCUT2D eigenvalue weighted by atomic mass is 10.3. The smallest absolute Gasteiger partial charge is 0.188 e. The van der Waals surface area contributed by atoms with Crippen LogP contribution in [-0.4, -0.2) is 5.11 Å². The molecule has 0 aliphatic carbocycles. The second kappa shape index (κ2) is 2.83. The summed E-state index contributed by atoms with van der Waals surface area (Å²) in [5.41, 5.74) is -0.553. The summed E-state index contributed by atoms with van der Waals surface area (Å²) in [6.07, 6.45) is 0. The molecule has 2 N–H and O–H groups in total. The van der Waals surface area contributed by atoms with Crippen molar-refractivity contribution < 1.29 is 14.7 Å². The molecule has 0 aliphatic rings. The molecule has 0 bridgehead atoms. The molecule has 0 spiro atoms. The number of aromatic hydroxyl groups is 1. The van der Waals surface area contributed by atoms with Gasteiger partial charge < -0.3 is 20.7 Å². The van der Waals surface area contributed by atoms with Crippen LogP contribution in [0.1, 0.15) is 0 Å². The fourth-order valence-electron chi connectivity index (χ4n) is 0.670. The van der Waals surface area contributed by atoms with Crippen molar-refractivity contribution in [2.24, 2.45) is 0 Å². The van der Waals surface area contributed by atoms with Crippen molar-refractivity contribution in [1.82, 2.24) is 0 Å². The van der Waals surface area contributed by atoms with Gasteiger partial charge in [0.05, 0.1) is 0 Å². The number of benzene rings is 1. The molecule has 60 valence electrons. The normalized spacial score (nSPS) is 10.5. The first-order valence-electron chi connectivity index (χ1n) is 2.81. The summed E-state index contributed by atoms with van der Waals surface area (Å²) in [4.78, 5) is 0. The first kappa shape index (κ1) is 7.93. The summed E-state index contributed by atoms with van der Waals surface area (Å²) in [6, 6.07) is 2.74. The third-order valence-electron chi connectivity index (χ3n) is 1.17. The van der Waals surface area contributed by atoms with E-state index in [4.69, 9.17) is 5.11 Å². The number of halogens is 1. The van der Waals surface area contributed by atoms with E-state index in [0.717, 1.165) is 12.1 Å². The Kier molecular flexibility index (Phi) is 2.04. The molecule has 5 heteroatoms. The highest BCUT2D eigenvalue weighted by molar-refractivity contribution is 5.37. The van der Waals surface area contributed by atoms with Crippen molar-refractivity contribution in [2.45, 2.75) is 0 Å². The predicted octanol–water partition coefficient (Wildman–Crippen LogP) is 0.0433. The Morgan fingerprint density at radius 3 is 2.45 bits per heavy atom. The second-order valence-electron chi connectivity index (χ2n) is 1.95. The summed E-state index contributed by atoms with van der Waals surface area (Å²) >= 11 is 0. The zero-order valence-corrected chi connectivity index (χ0v) is 5.37. The van der Waals surface area contributed by atoms with Crippen LogP contribution in [0.5, 0.6) is 5.75 Å². The lowest BCUT2D eigenvalue weighted by Crippen LogP contribution is -2.96. The van der Waals surface area contributed by atoms with Crippen molar-refractivity contribution >= 4 is 5.69 Å². The van der Waals surface area contributed by atoms with Crippen LogP contribution in [-0.2, 0) is 0 Å². The summed E-state index contributed by atoms with van der Waals surface area (Å²) < 4.78 is 12.5. The van der Waals surface area contributed by atoms with Gasteiger partial charge in [-0.1, -0.05) is 0 Å². The Bertz CT molecular complexity index is 264. The van der Waals surface area contributed by atoms with Gasteiger partial charge in [0.25, 0.3) is 0 Å². The maximum atomic E-state index is 12.5. The zero-order valence-electron chi connectivity index (χ0n) is 5.37. The van der Waals surface area contributed by atoms with E-state index >= 15 is 0 Å². The van der Waals surface area contributed by atoms with E-state index in [1.165, 1.54) is 0 Å². The van der Waals surface area contributed by atoms with Crippen molar-refractivity contribution in [1.29, 1.82) is 0 Å². The van der Waals surface area contributed by atoms with Gasteiger partial charge in [-0.3, -0.25) is 0 Å². The topological polar surface area (TPSA) is 70.8 Å². The van der Waals surface area contributed by atoms with Gasteiger partial charge >= 0.3 is 0 Å². The average Bonchev–Trinajstić information content (AvgIpc) is 1.85. The molecule has 0 radical (unpaired) electrons. The summed E-state index contributed by atoms with van der Waals surface area (Å²) in [5, 5.41) is 27.3. The fourth-order valence-corrected chi connectivity index (χ4v) is 0.670. The Labute approximate surface area is 61.6 Å². The molecule has 1 aromatic carbocycles. The number of phenolic OH excluding ortho intramolecular Hbond substituents is 1. The maximum absolute atomic E-state index is 12.5. The second-order valence-corrected chi connectivity index (χ2v) is 1.95. The van der Waals surface area contributed by atoms with Crippen LogP contribution >= 0.6 is 0 Å². The molecule has 0 saturated carbocycles. The molecule has 0 atom stereocenters. The van der Waals surface area contributed by atoms with Gasteiger partial charge in [0.15, 0.2) is 11.5 Å². The first-order valence-corrected chi connectivity index (χ1v) is 2.81.